The SMILES string of the molecule is NC(=O)CC[C@H](NC(=O)[C@@H]1Cc2cccc3c2N1C(=O)[C@@H](NC(=O)c1cc2cc(C(F)(F)P(=O)(O)O)ccc2s1)CC3)C(=O)C[C@H](C(=O)N1CC(CCCCC#Cc2cccc3c2CC(C2CCC(=O)NC2=O)C3=O)C1)c1ccccc1. The van der Waals surface area contributed by atoms with Gasteiger partial charge in [-0.05, 0) is 103 Å². The van der Waals surface area contributed by atoms with Crippen LogP contribution < -0.4 is 26.6 Å². The van der Waals surface area contributed by atoms with Crippen molar-refractivity contribution in [3.05, 3.63) is 135 Å². The Morgan fingerprint density at radius 1 is 0.878 bits per heavy atom. The molecule has 1 aromatic heterocycles. The van der Waals surface area contributed by atoms with E-state index in [9.17, 15) is 66.3 Å². The highest BCUT2D eigenvalue weighted by Crippen LogP contribution is 2.59. The number of fused-ring (bicyclic) bond motifs is 2. The number of ketones is 2. The molecule has 18 nitrogen and oxygen atoms in total. The third-order valence-electron chi connectivity index (χ3n) is 16.4. The Morgan fingerprint density at radius 2 is 1.63 bits per heavy atom. The average Bonchev–Trinajstić information content (AvgIpc) is 3.29. The van der Waals surface area contributed by atoms with Crippen molar-refractivity contribution < 1.29 is 66.3 Å². The van der Waals surface area contributed by atoms with Crippen molar-refractivity contribution in [3.63, 3.8) is 0 Å². The van der Waals surface area contributed by atoms with Gasteiger partial charge in [-0.3, -0.25) is 57.9 Å². The number of para-hydroxylation sites is 1. The number of carbonyl (C=O) groups excluding carboxylic acids is 9. The van der Waals surface area contributed by atoms with Gasteiger partial charge < -0.3 is 31.1 Å². The summed E-state index contributed by atoms with van der Waals surface area (Å²) in [6.07, 6.45) is 3.77. The second-order valence-corrected chi connectivity index (χ2v) is 24.5. The number of nitrogens with zero attached hydrogens (tertiary/aromatic N) is 2. The fourth-order valence-corrected chi connectivity index (χ4v) is 13.4. The summed E-state index contributed by atoms with van der Waals surface area (Å²) >= 11 is 0.922. The number of rotatable bonds is 19. The van der Waals surface area contributed by atoms with E-state index in [1.807, 2.05) is 12.1 Å². The number of nitrogens with two attached hydrogens (primary N) is 1. The first-order chi connectivity index (χ1) is 39.2. The maximum Gasteiger partial charge on any atom is 0.399 e. The molecule has 2 saturated heterocycles. The number of alkyl halides is 2. The van der Waals surface area contributed by atoms with Gasteiger partial charge in [0.1, 0.15) is 12.1 Å². The van der Waals surface area contributed by atoms with Crippen LogP contribution in [0.15, 0.2) is 91.0 Å². The minimum atomic E-state index is -5.87. The van der Waals surface area contributed by atoms with Crippen molar-refractivity contribution in [3.8, 4) is 11.8 Å². The number of primary amides is 1. The molecule has 5 aromatic rings. The zero-order valence-electron chi connectivity index (χ0n) is 44.4. The molecule has 6 atom stereocenters. The molecule has 426 valence electrons. The molecule has 22 heteroatoms. The molecule has 4 aliphatic heterocycles. The standard InChI is InChI=1S/C60H59F2N6O12PS/c61-60(62,81(78,79)80)39-19-23-49-38(26-39)28-50(82-49)57(75)65-46-21-18-36-15-8-16-37-27-47(68(53(36)37)59(46)77)56(74)64-45(22-24-51(63)70)48(69)30-43(35-12-6-3-7-13-35)58(76)67-31-33(32-67)10-4-1-2-5-11-34-14-9-17-40-42(34)29-44(54(40)72)41-20-25-52(71)66-55(41)73/h3,6-9,12-17,19,23,26,28,33,41,43-47H,1-2,4,10,18,20-22,24-25,27,29-32H2,(H2,63,70)(H,64,74)(H,65,75)(H,66,71,73)(H2,78,79,80)/t41?,43-,44?,45-,46-,47-/m0/s1. The zero-order chi connectivity index (χ0) is 58.2. The number of Topliss-reactive ketones (excluding diaryl/α,β-unsaturated/α-hetero) is 2. The lowest BCUT2D eigenvalue weighted by Crippen LogP contribution is -2.56. The summed E-state index contributed by atoms with van der Waals surface area (Å²) in [5.41, 5.74) is 4.82. The molecule has 0 radical (unpaired) electrons. The molecule has 7 amide bonds. The van der Waals surface area contributed by atoms with Crippen LogP contribution in [0.2, 0.25) is 0 Å². The van der Waals surface area contributed by atoms with Crippen molar-refractivity contribution in [1.29, 1.82) is 0 Å². The van der Waals surface area contributed by atoms with E-state index in [0.717, 1.165) is 59.4 Å². The van der Waals surface area contributed by atoms with E-state index in [1.165, 1.54) is 17.0 Å². The van der Waals surface area contributed by atoms with Gasteiger partial charge in [0.25, 0.3) is 5.91 Å². The molecule has 5 heterocycles. The number of carbonyl (C=O) groups is 9. The Morgan fingerprint density at radius 3 is 2.38 bits per heavy atom. The lowest BCUT2D eigenvalue weighted by Gasteiger charge is -2.41. The molecule has 2 unspecified atom stereocenters. The normalized spacial score (nSPS) is 20.4. The third kappa shape index (κ3) is 11.8. The first-order valence-electron chi connectivity index (χ1n) is 27.3. The largest absolute Gasteiger partial charge is 0.399 e. The number of hydrogen-bond acceptors (Lipinski definition) is 11. The molecule has 1 aliphatic carbocycles. The number of unbranched alkanes of at least 4 members (excludes halogenated alkanes) is 2. The van der Waals surface area contributed by atoms with Gasteiger partial charge in [0.2, 0.25) is 35.4 Å². The molecule has 82 heavy (non-hydrogen) atoms. The summed E-state index contributed by atoms with van der Waals surface area (Å²) < 4.78 is 41.1. The number of nitrogens with one attached hydrogen (secondary N) is 3. The second-order valence-electron chi connectivity index (χ2n) is 21.8. The van der Waals surface area contributed by atoms with Crippen molar-refractivity contribution in [1.82, 2.24) is 20.9 Å². The highest BCUT2D eigenvalue weighted by molar-refractivity contribution is 7.52. The Hall–Kier alpha value is -7.76. The Balaban J connectivity index is 0.763. The molecule has 2 fully saturated rings. The lowest BCUT2D eigenvalue weighted by molar-refractivity contribution is -0.141. The van der Waals surface area contributed by atoms with Crippen LogP contribution in [0.1, 0.15) is 124 Å². The van der Waals surface area contributed by atoms with Gasteiger partial charge in [0, 0.05) is 78.4 Å². The van der Waals surface area contributed by atoms with Crippen LogP contribution in [0, 0.1) is 29.6 Å². The minimum Gasteiger partial charge on any atom is -0.370 e. The van der Waals surface area contributed by atoms with Crippen molar-refractivity contribution in [2.45, 2.75) is 113 Å². The number of aryl methyl sites for hydroxylation is 1. The number of benzene rings is 4. The summed E-state index contributed by atoms with van der Waals surface area (Å²) in [5.74, 6) is 0.306. The van der Waals surface area contributed by atoms with E-state index in [2.05, 4.69) is 27.8 Å². The summed E-state index contributed by atoms with van der Waals surface area (Å²) in [7, 11) is -5.87. The number of halogens is 2. The van der Waals surface area contributed by atoms with Crippen LogP contribution in [0.4, 0.5) is 14.5 Å². The van der Waals surface area contributed by atoms with E-state index in [4.69, 9.17) is 5.73 Å². The summed E-state index contributed by atoms with van der Waals surface area (Å²) in [6.45, 7) is 0.957. The molecular formula is C60H59F2N6O12PS. The first-order valence-corrected chi connectivity index (χ1v) is 29.8. The van der Waals surface area contributed by atoms with Gasteiger partial charge in [-0.2, -0.15) is 8.78 Å². The summed E-state index contributed by atoms with van der Waals surface area (Å²) in [5, 5.41) is 8.04. The van der Waals surface area contributed by atoms with E-state index < -0.39 is 90.0 Å². The van der Waals surface area contributed by atoms with E-state index in [0.29, 0.717) is 65.9 Å². The predicted molar refractivity (Wildman–Crippen MR) is 297 cm³/mol. The predicted octanol–water partition coefficient (Wildman–Crippen LogP) is 6.10. The molecule has 0 bridgehead atoms. The van der Waals surface area contributed by atoms with Crippen LogP contribution in [0.25, 0.3) is 10.1 Å². The number of anilines is 1. The maximum absolute atomic E-state index is 14.6. The zero-order valence-corrected chi connectivity index (χ0v) is 46.1. The number of likely N-dealkylation sites (tertiary alicyclic amines) is 1. The first kappa shape index (κ1) is 57.5. The maximum atomic E-state index is 14.6. The summed E-state index contributed by atoms with van der Waals surface area (Å²) in [6, 6.07) is 20.2. The fraction of sp³-hybridized carbons (Fsp3) is 0.383. The molecule has 0 spiro atoms. The van der Waals surface area contributed by atoms with Gasteiger partial charge >= 0.3 is 13.3 Å². The van der Waals surface area contributed by atoms with E-state index in [-0.39, 0.29) is 72.3 Å². The highest BCUT2D eigenvalue weighted by Gasteiger charge is 2.51. The number of amides is 7. The quantitative estimate of drug-likeness (QED) is 0.0237. The van der Waals surface area contributed by atoms with Crippen LogP contribution in [0.5, 0.6) is 0 Å². The minimum absolute atomic E-state index is 0.0310. The number of hydrogen-bond donors (Lipinski definition) is 6. The van der Waals surface area contributed by atoms with Gasteiger partial charge in [-0.15, -0.1) is 11.3 Å². The topological polar surface area (TPSA) is 280 Å². The second kappa shape index (κ2) is 23.6. The number of thiophene rings is 1. The summed E-state index contributed by atoms with van der Waals surface area (Å²) in [4.78, 5) is 143. The molecule has 4 aromatic carbocycles. The third-order valence-corrected chi connectivity index (χ3v) is 18.5. The van der Waals surface area contributed by atoms with Crippen LogP contribution >= 0.6 is 18.9 Å². The molecular weight excluding hydrogens is 1100 g/mol. The number of piperidine rings is 1. The van der Waals surface area contributed by atoms with E-state index >= 15 is 0 Å². The fourth-order valence-electron chi connectivity index (χ4n) is 12.0. The molecule has 5 aliphatic rings. The van der Waals surface area contributed by atoms with Crippen molar-refractivity contribution >= 4 is 87.6 Å². The van der Waals surface area contributed by atoms with Crippen molar-refractivity contribution in [2.24, 2.45) is 23.5 Å². The lowest BCUT2D eigenvalue weighted by atomic mass is 9.83. The van der Waals surface area contributed by atoms with Crippen LogP contribution in [0.3, 0.4) is 0 Å². The van der Waals surface area contributed by atoms with E-state index in [1.54, 1.807) is 59.5 Å². The Kier molecular flexibility index (Phi) is 16.5. The van der Waals surface area contributed by atoms with Gasteiger partial charge in [-0.1, -0.05) is 85.0 Å². The molecule has 0 saturated carbocycles. The molecule has 10 rings (SSSR count). The monoisotopic (exact) mass is 1160 g/mol. The highest BCUT2D eigenvalue weighted by atomic mass is 32.1. The van der Waals surface area contributed by atoms with Crippen LogP contribution in [-0.2, 0) is 63.1 Å². The van der Waals surface area contributed by atoms with Gasteiger partial charge in [-0.25, -0.2) is 0 Å². The Bertz CT molecular complexity index is 3570. The Labute approximate surface area is 474 Å². The van der Waals surface area contributed by atoms with Crippen molar-refractivity contribution in [2.75, 3.05) is 18.0 Å². The van der Waals surface area contributed by atoms with Crippen LogP contribution in [-0.4, -0.2) is 98.8 Å². The average molecular weight is 1160 g/mol. The smallest absolute Gasteiger partial charge is 0.370 e. The number of imide groups is 1. The molecule has 7 N–H and O–H groups in total. The van der Waals surface area contributed by atoms with Gasteiger partial charge in [0.15, 0.2) is 11.6 Å². The van der Waals surface area contributed by atoms with Gasteiger partial charge in [0.05, 0.1) is 22.5 Å².